The number of aromatic nitrogens is 2. The van der Waals surface area contributed by atoms with Crippen LogP contribution in [0.4, 0.5) is 19.0 Å². The van der Waals surface area contributed by atoms with E-state index in [4.69, 9.17) is 4.52 Å². The van der Waals surface area contributed by atoms with Crippen LogP contribution in [0, 0.1) is 0 Å². The van der Waals surface area contributed by atoms with Gasteiger partial charge in [0.1, 0.15) is 17.3 Å². The van der Waals surface area contributed by atoms with Gasteiger partial charge in [-0.25, -0.2) is 13.4 Å². The number of alkyl halides is 3. The summed E-state index contributed by atoms with van der Waals surface area (Å²) in [5, 5.41) is 4.53. The van der Waals surface area contributed by atoms with Gasteiger partial charge in [-0.2, -0.15) is 17.5 Å². The molecule has 0 radical (unpaired) electrons. The molecule has 0 amide bonds. The van der Waals surface area contributed by atoms with Crippen LogP contribution >= 0.6 is 0 Å². The molecule has 11 heteroatoms. The summed E-state index contributed by atoms with van der Waals surface area (Å²) in [5.41, 5.74) is 0.0608. The van der Waals surface area contributed by atoms with Gasteiger partial charge in [0.2, 0.25) is 10.0 Å². The zero-order chi connectivity index (χ0) is 20.6. The maximum atomic E-state index is 12.8. The third kappa shape index (κ3) is 4.06. The lowest BCUT2D eigenvalue weighted by Crippen LogP contribution is -2.49. The van der Waals surface area contributed by atoms with E-state index in [0.29, 0.717) is 35.6 Å². The summed E-state index contributed by atoms with van der Waals surface area (Å²) in [5.74, 6) is 0.111. The molecule has 154 valence electrons. The molecule has 1 aliphatic rings. The van der Waals surface area contributed by atoms with Crippen molar-refractivity contribution in [2.75, 3.05) is 31.1 Å². The van der Waals surface area contributed by atoms with Gasteiger partial charge in [0.25, 0.3) is 0 Å². The maximum Gasteiger partial charge on any atom is 0.417 e. The Bertz CT molecular complexity index is 1110. The fourth-order valence-corrected chi connectivity index (χ4v) is 4.70. The Morgan fingerprint density at radius 3 is 2.41 bits per heavy atom. The topological polar surface area (TPSA) is 79.5 Å². The number of benzene rings is 1. The van der Waals surface area contributed by atoms with Crippen molar-refractivity contribution in [3.05, 3.63) is 53.9 Å². The first-order chi connectivity index (χ1) is 13.7. The molecule has 3 aromatic rings. The minimum Gasteiger partial charge on any atom is -0.356 e. The normalized spacial score (nSPS) is 16.4. The number of halogens is 3. The Labute approximate surface area is 164 Å². The number of rotatable bonds is 4. The fourth-order valence-electron chi connectivity index (χ4n) is 3.24. The number of fused-ring (bicyclic) bond motifs is 1. The molecule has 0 bridgehead atoms. The van der Waals surface area contributed by atoms with E-state index in [9.17, 15) is 21.6 Å². The highest BCUT2D eigenvalue weighted by molar-refractivity contribution is 7.88. The second kappa shape index (κ2) is 7.30. The molecule has 1 fully saturated rings. The van der Waals surface area contributed by atoms with Gasteiger partial charge in [0.15, 0.2) is 5.58 Å². The number of hydrogen-bond acceptors (Lipinski definition) is 6. The molecule has 29 heavy (non-hydrogen) atoms. The van der Waals surface area contributed by atoms with E-state index < -0.39 is 21.8 Å². The minimum absolute atomic E-state index is 0.209. The number of anilines is 1. The second-order valence-electron chi connectivity index (χ2n) is 6.67. The molecule has 1 saturated heterocycles. The largest absolute Gasteiger partial charge is 0.417 e. The Hall–Kier alpha value is -2.66. The first kappa shape index (κ1) is 19.6. The number of sulfonamides is 1. The van der Waals surface area contributed by atoms with E-state index in [1.807, 2.05) is 0 Å². The van der Waals surface area contributed by atoms with Crippen molar-refractivity contribution in [1.29, 1.82) is 0 Å². The van der Waals surface area contributed by atoms with E-state index in [1.165, 1.54) is 10.4 Å². The monoisotopic (exact) mass is 426 g/mol. The van der Waals surface area contributed by atoms with E-state index in [0.717, 1.165) is 12.3 Å². The molecule has 4 rings (SSSR count). The number of piperazine rings is 1. The Kier molecular flexibility index (Phi) is 4.95. The molecule has 0 saturated carbocycles. The van der Waals surface area contributed by atoms with Gasteiger partial charge in [0, 0.05) is 37.8 Å². The Balaban J connectivity index is 1.42. The van der Waals surface area contributed by atoms with Crippen LogP contribution in [0.5, 0.6) is 0 Å². The molecule has 2 aromatic heterocycles. The summed E-state index contributed by atoms with van der Waals surface area (Å²) in [7, 11) is -3.61. The van der Waals surface area contributed by atoms with E-state index in [-0.39, 0.29) is 18.8 Å². The van der Waals surface area contributed by atoms with Gasteiger partial charge in [-0.1, -0.05) is 17.3 Å². The summed E-state index contributed by atoms with van der Waals surface area (Å²) in [4.78, 5) is 5.63. The molecular weight excluding hydrogens is 409 g/mol. The molecule has 0 atom stereocenters. The second-order valence-corrected chi connectivity index (χ2v) is 8.64. The van der Waals surface area contributed by atoms with Gasteiger partial charge >= 0.3 is 6.18 Å². The number of para-hydroxylation sites is 1. The molecule has 1 aliphatic heterocycles. The zero-order valence-electron chi connectivity index (χ0n) is 15.1. The highest BCUT2D eigenvalue weighted by Gasteiger charge is 2.32. The first-order valence-electron chi connectivity index (χ1n) is 8.83. The van der Waals surface area contributed by atoms with E-state index >= 15 is 0 Å². The van der Waals surface area contributed by atoms with Crippen LogP contribution in [0.2, 0.25) is 0 Å². The molecular formula is C18H17F3N4O3S. The van der Waals surface area contributed by atoms with Crippen molar-refractivity contribution in [3.63, 3.8) is 0 Å². The number of pyridine rings is 1. The third-order valence-electron chi connectivity index (χ3n) is 4.80. The van der Waals surface area contributed by atoms with E-state index in [1.54, 1.807) is 29.2 Å². The predicted molar refractivity (Wildman–Crippen MR) is 99.7 cm³/mol. The van der Waals surface area contributed by atoms with Crippen molar-refractivity contribution in [1.82, 2.24) is 14.4 Å². The van der Waals surface area contributed by atoms with Crippen LogP contribution in [0.3, 0.4) is 0 Å². The van der Waals surface area contributed by atoms with Crippen molar-refractivity contribution in [3.8, 4) is 0 Å². The molecule has 0 spiro atoms. The Morgan fingerprint density at radius 2 is 1.76 bits per heavy atom. The lowest BCUT2D eigenvalue weighted by Gasteiger charge is -2.34. The van der Waals surface area contributed by atoms with Crippen LogP contribution in [0.15, 0.2) is 47.1 Å². The predicted octanol–water partition coefficient (Wildman–Crippen LogP) is 2.89. The molecule has 0 N–H and O–H groups in total. The van der Waals surface area contributed by atoms with Crippen LogP contribution in [0.1, 0.15) is 11.3 Å². The van der Waals surface area contributed by atoms with Crippen molar-refractivity contribution in [2.24, 2.45) is 0 Å². The summed E-state index contributed by atoms with van der Waals surface area (Å²) >= 11 is 0. The maximum absolute atomic E-state index is 12.8. The van der Waals surface area contributed by atoms with Crippen LogP contribution in [-0.2, 0) is 22.0 Å². The van der Waals surface area contributed by atoms with Gasteiger partial charge in [-0.15, -0.1) is 0 Å². The molecule has 7 nitrogen and oxygen atoms in total. The third-order valence-corrected chi connectivity index (χ3v) is 6.59. The van der Waals surface area contributed by atoms with Gasteiger partial charge in [0.05, 0.1) is 5.56 Å². The van der Waals surface area contributed by atoms with Crippen molar-refractivity contribution >= 4 is 26.8 Å². The van der Waals surface area contributed by atoms with Crippen LogP contribution in [-0.4, -0.2) is 49.0 Å². The van der Waals surface area contributed by atoms with Gasteiger partial charge < -0.3 is 9.42 Å². The summed E-state index contributed by atoms with van der Waals surface area (Å²) in [6.07, 6.45) is -3.66. The average Bonchev–Trinajstić information content (AvgIpc) is 3.10. The summed E-state index contributed by atoms with van der Waals surface area (Å²) < 4.78 is 70.1. The first-order valence-corrected chi connectivity index (χ1v) is 10.4. The molecule has 1 aromatic carbocycles. The molecule has 0 aliphatic carbocycles. The lowest BCUT2D eigenvalue weighted by molar-refractivity contribution is -0.137. The minimum atomic E-state index is -4.44. The van der Waals surface area contributed by atoms with Crippen molar-refractivity contribution in [2.45, 2.75) is 11.9 Å². The van der Waals surface area contributed by atoms with Crippen LogP contribution < -0.4 is 4.90 Å². The smallest absolute Gasteiger partial charge is 0.356 e. The summed E-state index contributed by atoms with van der Waals surface area (Å²) in [6, 6.07) is 9.31. The zero-order valence-corrected chi connectivity index (χ0v) is 15.9. The van der Waals surface area contributed by atoms with E-state index in [2.05, 4.69) is 10.1 Å². The SMILES string of the molecule is O=S(=O)(Cc1noc2ccccc12)N1CCN(c2ccc(C(F)(F)F)cn2)CC1. The number of hydrogen-bond donors (Lipinski definition) is 0. The quantitative estimate of drug-likeness (QED) is 0.638. The van der Waals surface area contributed by atoms with Crippen molar-refractivity contribution < 1.29 is 26.1 Å². The Morgan fingerprint density at radius 1 is 1.03 bits per heavy atom. The van der Waals surface area contributed by atoms with Gasteiger partial charge in [-0.05, 0) is 24.3 Å². The highest BCUT2D eigenvalue weighted by atomic mass is 32.2. The lowest BCUT2D eigenvalue weighted by atomic mass is 10.2. The average molecular weight is 426 g/mol. The summed E-state index contributed by atoms with van der Waals surface area (Å²) in [6.45, 7) is 1.08. The standard InChI is InChI=1S/C18H17F3N4O3S/c19-18(20,21)13-5-6-17(22-11-13)24-7-9-25(10-8-24)29(26,27)12-15-14-3-1-2-4-16(14)28-23-15/h1-6,11H,7-10,12H2. The molecule has 3 heterocycles. The molecule has 0 unspecified atom stereocenters. The fraction of sp³-hybridized carbons (Fsp3) is 0.333. The number of nitrogens with zero attached hydrogens (tertiary/aromatic N) is 4. The van der Waals surface area contributed by atoms with Gasteiger partial charge in [-0.3, -0.25) is 0 Å². The highest BCUT2D eigenvalue weighted by Crippen LogP contribution is 2.29. The van der Waals surface area contributed by atoms with Crippen LogP contribution in [0.25, 0.3) is 11.0 Å².